The Balaban J connectivity index is 1.84. The lowest BCUT2D eigenvalue weighted by molar-refractivity contribution is 0.283. The average molecular weight is 293 g/mol. The zero-order chi connectivity index (χ0) is 14.2. The van der Waals surface area contributed by atoms with Crippen LogP contribution >= 0.6 is 11.3 Å². The van der Waals surface area contributed by atoms with Crippen molar-refractivity contribution in [1.29, 1.82) is 0 Å². The number of thiophene rings is 1. The molecule has 0 unspecified atom stereocenters. The van der Waals surface area contributed by atoms with E-state index in [2.05, 4.69) is 52.5 Å². The molecule has 104 valence electrons. The first kappa shape index (κ1) is 12.6. The fraction of sp³-hybridized carbons (Fsp3) is 0.111. The van der Waals surface area contributed by atoms with E-state index in [-0.39, 0.29) is 6.61 Å². The molecule has 0 aliphatic heterocycles. The highest BCUT2D eigenvalue weighted by Crippen LogP contribution is 2.28. The highest BCUT2D eigenvalue weighted by molar-refractivity contribution is 7.17. The Labute approximate surface area is 126 Å². The molecule has 0 amide bonds. The number of benzene rings is 2. The van der Waals surface area contributed by atoms with Gasteiger partial charge in [-0.15, -0.1) is 11.3 Å². The van der Waals surface area contributed by atoms with E-state index in [0.717, 1.165) is 17.5 Å². The van der Waals surface area contributed by atoms with Crippen LogP contribution in [0.3, 0.4) is 0 Å². The van der Waals surface area contributed by atoms with Crippen molar-refractivity contribution in [3.63, 3.8) is 0 Å². The lowest BCUT2D eigenvalue weighted by Gasteiger charge is -2.04. The van der Waals surface area contributed by atoms with Gasteiger partial charge in [0, 0.05) is 33.9 Å². The number of nitrogens with zero attached hydrogens (tertiary/aromatic N) is 1. The van der Waals surface area contributed by atoms with E-state index in [9.17, 15) is 5.11 Å². The van der Waals surface area contributed by atoms with Crippen molar-refractivity contribution < 1.29 is 5.11 Å². The van der Waals surface area contributed by atoms with Crippen LogP contribution in [0.25, 0.3) is 21.0 Å². The molecule has 0 aliphatic rings. The lowest BCUT2D eigenvalue weighted by Crippen LogP contribution is -1.96. The summed E-state index contributed by atoms with van der Waals surface area (Å²) in [5.41, 5.74) is 3.50. The zero-order valence-electron chi connectivity index (χ0n) is 11.5. The van der Waals surface area contributed by atoms with Gasteiger partial charge in [0.15, 0.2) is 0 Å². The molecule has 2 aromatic heterocycles. The maximum Gasteiger partial charge on any atom is 0.0702 e. The monoisotopic (exact) mass is 293 g/mol. The Hall–Kier alpha value is -2.10. The van der Waals surface area contributed by atoms with E-state index >= 15 is 0 Å². The van der Waals surface area contributed by atoms with Gasteiger partial charge in [-0.05, 0) is 28.5 Å². The molecule has 1 N–H and O–H groups in total. The topological polar surface area (TPSA) is 25.2 Å². The molecule has 0 radical (unpaired) electrons. The predicted molar refractivity (Wildman–Crippen MR) is 88.8 cm³/mol. The van der Waals surface area contributed by atoms with Crippen LogP contribution in [0, 0.1) is 0 Å². The third-order valence-corrected chi connectivity index (χ3v) is 4.96. The summed E-state index contributed by atoms with van der Waals surface area (Å²) in [5, 5.41) is 14.2. The van der Waals surface area contributed by atoms with Gasteiger partial charge in [0.2, 0.25) is 0 Å². The van der Waals surface area contributed by atoms with E-state index in [4.69, 9.17) is 0 Å². The molecule has 4 rings (SSSR count). The molecule has 0 spiro atoms. The molecule has 2 aromatic carbocycles. The molecule has 2 heterocycles. The molecule has 0 saturated heterocycles. The second-order valence-electron chi connectivity index (χ2n) is 5.21. The maximum absolute atomic E-state index is 9.54. The molecule has 0 aliphatic carbocycles. The highest BCUT2D eigenvalue weighted by Gasteiger charge is 2.09. The summed E-state index contributed by atoms with van der Waals surface area (Å²) in [6, 6.07) is 16.8. The fourth-order valence-corrected chi connectivity index (χ4v) is 3.87. The van der Waals surface area contributed by atoms with Gasteiger partial charge in [0.25, 0.3) is 0 Å². The molecule has 4 aromatic rings. The van der Waals surface area contributed by atoms with Crippen molar-refractivity contribution in [2.75, 3.05) is 0 Å². The van der Waals surface area contributed by atoms with Crippen LogP contribution in [-0.4, -0.2) is 9.67 Å². The molecule has 2 nitrogen and oxygen atoms in total. The van der Waals surface area contributed by atoms with Crippen molar-refractivity contribution in [3.8, 4) is 0 Å². The van der Waals surface area contributed by atoms with Crippen molar-refractivity contribution in [1.82, 2.24) is 4.57 Å². The zero-order valence-corrected chi connectivity index (χ0v) is 12.3. The Morgan fingerprint density at radius 1 is 0.905 bits per heavy atom. The number of fused-ring (bicyclic) bond motifs is 2. The lowest BCUT2D eigenvalue weighted by atomic mass is 10.2. The number of hydrogen-bond acceptors (Lipinski definition) is 2. The van der Waals surface area contributed by atoms with Gasteiger partial charge in [0.05, 0.1) is 6.61 Å². The standard InChI is InChI=1S/C18H15NOS/c20-11-13-9-19(17-7-3-1-5-15(13)17)10-14-12-21-18-8-4-2-6-16(14)18/h1-9,12,20H,10-11H2. The van der Waals surface area contributed by atoms with E-state index in [1.807, 2.05) is 12.1 Å². The Morgan fingerprint density at radius 2 is 1.67 bits per heavy atom. The molecule has 3 heteroatoms. The largest absolute Gasteiger partial charge is 0.392 e. The van der Waals surface area contributed by atoms with Crippen molar-refractivity contribution in [2.45, 2.75) is 13.2 Å². The summed E-state index contributed by atoms with van der Waals surface area (Å²) in [7, 11) is 0. The number of aromatic nitrogens is 1. The summed E-state index contributed by atoms with van der Waals surface area (Å²) in [5.74, 6) is 0. The molecular weight excluding hydrogens is 278 g/mol. The van der Waals surface area contributed by atoms with E-state index < -0.39 is 0 Å². The SMILES string of the molecule is OCc1cn(Cc2csc3ccccc23)c2ccccc12. The third-order valence-electron chi connectivity index (χ3n) is 3.94. The first-order chi connectivity index (χ1) is 10.4. The van der Waals surface area contributed by atoms with Crippen LogP contribution in [0.4, 0.5) is 0 Å². The van der Waals surface area contributed by atoms with E-state index in [0.29, 0.717) is 0 Å². The van der Waals surface area contributed by atoms with Gasteiger partial charge >= 0.3 is 0 Å². The van der Waals surface area contributed by atoms with Gasteiger partial charge < -0.3 is 9.67 Å². The van der Waals surface area contributed by atoms with Gasteiger partial charge in [-0.1, -0.05) is 36.4 Å². The van der Waals surface area contributed by atoms with Gasteiger partial charge in [-0.25, -0.2) is 0 Å². The smallest absolute Gasteiger partial charge is 0.0702 e. The number of aliphatic hydroxyl groups excluding tert-OH is 1. The second kappa shape index (κ2) is 5.02. The first-order valence-electron chi connectivity index (χ1n) is 6.99. The number of rotatable bonds is 3. The quantitative estimate of drug-likeness (QED) is 0.595. The van der Waals surface area contributed by atoms with Crippen LogP contribution < -0.4 is 0 Å². The fourth-order valence-electron chi connectivity index (χ4n) is 2.92. The summed E-state index contributed by atoms with van der Waals surface area (Å²) < 4.78 is 3.56. The number of para-hydroxylation sites is 1. The maximum atomic E-state index is 9.54. The van der Waals surface area contributed by atoms with Crippen molar-refractivity contribution in [3.05, 3.63) is 71.2 Å². The summed E-state index contributed by atoms with van der Waals surface area (Å²) in [6.45, 7) is 0.919. The van der Waals surface area contributed by atoms with Crippen molar-refractivity contribution >= 4 is 32.3 Å². The average Bonchev–Trinajstić information content (AvgIpc) is 3.10. The van der Waals surface area contributed by atoms with Crippen LogP contribution in [0.15, 0.2) is 60.1 Å². The van der Waals surface area contributed by atoms with Crippen LogP contribution in [-0.2, 0) is 13.2 Å². The third kappa shape index (κ3) is 2.06. The molecule has 0 fully saturated rings. The predicted octanol–water partition coefficient (Wildman–Crippen LogP) is 4.40. The Morgan fingerprint density at radius 3 is 2.52 bits per heavy atom. The van der Waals surface area contributed by atoms with E-state index in [1.165, 1.54) is 21.2 Å². The minimum Gasteiger partial charge on any atom is -0.392 e. The first-order valence-corrected chi connectivity index (χ1v) is 7.87. The van der Waals surface area contributed by atoms with Crippen molar-refractivity contribution in [2.24, 2.45) is 0 Å². The summed E-state index contributed by atoms with van der Waals surface area (Å²) >= 11 is 1.79. The molecule has 0 saturated carbocycles. The summed E-state index contributed by atoms with van der Waals surface area (Å²) in [6.07, 6.45) is 2.07. The number of hydrogen-bond donors (Lipinski definition) is 1. The van der Waals surface area contributed by atoms with Crippen LogP contribution in [0.1, 0.15) is 11.1 Å². The van der Waals surface area contributed by atoms with Crippen LogP contribution in [0.2, 0.25) is 0 Å². The minimum absolute atomic E-state index is 0.0812. The number of aliphatic hydroxyl groups is 1. The minimum atomic E-state index is 0.0812. The Bertz CT molecular complexity index is 919. The van der Waals surface area contributed by atoms with Gasteiger partial charge in [-0.2, -0.15) is 0 Å². The van der Waals surface area contributed by atoms with Gasteiger partial charge in [-0.3, -0.25) is 0 Å². The highest BCUT2D eigenvalue weighted by atomic mass is 32.1. The molecule has 0 bridgehead atoms. The second-order valence-corrected chi connectivity index (χ2v) is 6.13. The normalized spacial score (nSPS) is 11.5. The Kier molecular flexibility index (Phi) is 3.02. The van der Waals surface area contributed by atoms with E-state index in [1.54, 1.807) is 11.3 Å². The molecule has 21 heavy (non-hydrogen) atoms. The van der Waals surface area contributed by atoms with Crippen LogP contribution in [0.5, 0.6) is 0 Å². The molecular formula is C18H15NOS. The molecule has 0 atom stereocenters. The summed E-state index contributed by atoms with van der Waals surface area (Å²) in [4.78, 5) is 0. The van der Waals surface area contributed by atoms with Gasteiger partial charge in [0.1, 0.15) is 0 Å².